The van der Waals surface area contributed by atoms with E-state index in [1.165, 1.54) is 22.0 Å². The average molecular weight is 284 g/mol. The molecular formula is C17H24N4. The average Bonchev–Trinajstić information content (AvgIpc) is 2.47. The van der Waals surface area contributed by atoms with E-state index in [2.05, 4.69) is 61.0 Å². The summed E-state index contributed by atoms with van der Waals surface area (Å²) in [4.78, 5) is 11.7. The maximum atomic E-state index is 4.78. The lowest BCUT2D eigenvalue weighted by Gasteiger charge is -2.34. The molecule has 4 nitrogen and oxygen atoms in total. The normalized spacial score (nSPS) is 16.5. The second-order valence-corrected chi connectivity index (χ2v) is 6.15. The highest BCUT2D eigenvalue weighted by molar-refractivity contribution is 6.02. The van der Waals surface area contributed by atoms with Crippen LogP contribution in [0.4, 0.5) is 11.5 Å². The molecule has 0 aliphatic carbocycles. The van der Waals surface area contributed by atoms with Gasteiger partial charge in [-0.3, -0.25) is 0 Å². The molecule has 1 saturated heterocycles. The van der Waals surface area contributed by atoms with Gasteiger partial charge in [-0.25, -0.2) is 4.98 Å². The van der Waals surface area contributed by atoms with Gasteiger partial charge >= 0.3 is 0 Å². The molecule has 0 saturated carbocycles. The monoisotopic (exact) mass is 284 g/mol. The first kappa shape index (κ1) is 14.1. The third-order valence-corrected chi connectivity index (χ3v) is 4.36. The number of hydrogen-bond donors (Lipinski definition) is 0. The lowest BCUT2D eigenvalue weighted by atomic mass is 10.0. The van der Waals surface area contributed by atoms with Gasteiger partial charge in [0.1, 0.15) is 5.82 Å². The van der Waals surface area contributed by atoms with Crippen molar-refractivity contribution in [2.75, 3.05) is 57.1 Å². The van der Waals surface area contributed by atoms with Gasteiger partial charge in [-0.1, -0.05) is 18.2 Å². The molecule has 1 fully saturated rings. The van der Waals surface area contributed by atoms with Crippen molar-refractivity contribution in [3.63, 3.8) is 0 Å². The van der Waals surface area contributed by atoms with Crippen molar-refractivity contribution in [1.82, 2.24) is 9.88 Å². The molecule has 2 heterocycles. The lowest BCUT2D eigenvalue weighted by molar-refractivity contribution is 0.312. The highest BCUT2D eigenvalue weighted by Gasteiger charge is 2.19. The minimum absolute atomic E-state index is 1.05. The number of piperazine rings is 1. The molecule has 0 N–H and O–H groups in total. The van der Waals surface area contributed by atoms with E-state index in [-0.39, 0.29) is 0 Å². The summed E-state index contributed by atoms with van der Waals surface area (Å²) < 4.78 is 0. The highest BCUT2D eigenvalue weighted by Crippen LogP contribution is 2.34. The molecule has 0 amide bonds. The zero-order chi connectivity index (χ0) is 15.0. The molecule has 3 rings (SSSR count). The van der Waals surface area contributed by atoms with Crippen molar-refractivity contribution in [1.29, 1.82) is 0 Å². The standard InChI is InChI=1S/C17H24N4/c1-13-6-5-7-14-16(13)15(19(2)3)12-18-17(14)21-10-8-20(4)9-11-21/h5-7,12H,8-11H2,1-4H3. The number of benzene rings is 1. The van der Waals surface area contributed by atoms with E-state index in [1.807, 2.05) is 6.20 Å². The summed E-state index contributed by atoms with van der Waals surface area (Å²) in [5, 5.41) is 2.59. The zero-order valence-electron chi connectivity index (χ0n) is 13.4. The SMILES string of the molecule is Cc1cccc2c(N3CCN(C)CC3)ncc(N(C)C)c12. The summed E-state index contributed by atoms with van der Waals surface area (Å²) >= 11 is 0. The summed E-state index contributed by atoms with van der Waals surface area (Å²) in [5.41, 5.74) is 2.51. The fourth-order valence-electron chi connectivity index (χ4n) is 3.06. The molecule has 1 aromatic carbocycles. The van der Waals surface area contributed by atoms with Crippen LogP contribution < -0.4 is 9.80 Å². The van der Waals surface area contributed by atoms with E-state index in [0.717, 1.165) is 32.0 Å². The van der Waals surface area contributed by atoms with Crippen LogP contribution in [0.15, 0.2) is 24.4 Å². The van der Waals surface area contributed by atoms with Gasteiger partial charge in [0.25, 0.3) is 0 Å². The quantitative estimate of drug-likeness (QED) is 0.844. The van der Waals surface area contributed by atoms with Crippen molar-refractivity contribution in [3.05, 3.63) is 30.0 Å². The van der Waals surface area contributed by atoms with Gasteiger partial charge < -0.3 is 14.7 Å². The Kier molecular flexibility index (Phi) is 3.72. The molecule has 0 spiro atoms. The topological polar surface area (TPSA) is 22.6 Å². The van der Waals surface area contributed by atoms with Gasteiger partial charge in [0, 0.05) is 51.0 Å². The summed E-state index contributed by atoms with van der Waals surface area (Å²) in [6.45, 7) is 6.49. The van der Waals surface area contributed by atoms with Gasteiger partial charge in [-0.15, -0.1) is 0 Å². The van der Waals surface area contributed by atoms with Crippen molar-refractivity contribution in [3.8, 4) is 0 Å². The van der Waals surface area contributed by atoms with Crippen LogP contribution in [0.25, 0.3) is 10.8 Å². The summed E-state index contributed by atoms with van der Waals surface area (Å²) in [6.07, 6.45) is 2.02. The third-order valence-electron chi connectivity index (χ3n) is 4.36. The first-order valence-corrected chi connectivity index (χ1v) is 7.57. The van der Waals surface area contributed by atoms with Crippen LogP contribution in [-0.2, 0) is 0 Å². The number of aryl methyl sites for hydroxylation is 1. The van der Waals surface area contributed by atoms with Crippen LogP contribution in [0.1, 0.15) is 5.56 Å². The van der Waals surface area contributed by atoms with Gasteiger partial charge in [0.2, 0.25) is 0 Å². The summed E-state index contributed by atoms with van der Waals surface area (Å²) in [6, 6.07) is 6.53. The first-order chi connectivity index (χ1) is 10.1. The van der Waals surface area contributed by atoms with E-state index in [0.29, 0.717) is 0 Å². The molecule has 4 heteroatoms. The fourth-order valence-corrected chi connectivity index (χ4v) is 3.06. The van der Waals surface area contributed by atoms with Crippen LogP contribution in [0.5, 0.6) is 0 Å². The van der Waals surface area contributed by atoms with E-state index in [4.69, 9.17) is 4.98 Å². The van der Waals surface area contributed by atoms with E-state index < -0.39 is 0 Å². The van der Waals surface area contributed by atoms with Crippen LogP contribution in [-0.4, -0.2) is 57.2 Å². The smallest absolute Gasteiger partial charge is 0.136 e. The molecule has 1 aliphatic rings. The number of anilines is 2. The Morgan fingerprint density at radius 2 is 1.81 bits per heavy atom. The lowest BCUT2D eigenvalue weighted by Crippen LogP contribution is -2.44. The van der Waals surface area contributed by atoms with Gasteiger partial charge in [-0.05, 0) is 19.5 Å². The number of likely N-dealkylation sites (N-methyl/N-ethyl adjacent to an activating group) is 1. The Hall–Kier alpha value is -1.81. The predicted molar refractivity (Wildman–Crippen MR) is 90.5 cm³/mol. The minimum atomic E-state index is 1.05. The Labute approximate surface area is 127 Å². The van der Waals surface area contributed by atoms with Crippen molar-refractivity contribution < 1.29 is 0 Å². The predicted octanol–water partition coefficient (Wildman–Crippen LogP) is 2.36. The maximum absolute atomic E-state index is 4.78. The van der Waals surface area contributed by atoms with Crippen LogP contribution in [0.2, 0.25) is 0 Å². The molecule has 0 atom stereocenters. The number of nitrogens with zero attached hydrogens (tertiary/aromatic N) is 4. The van der Waals surface area contributed by atoms with Crippen molar-refractivity contribution >= 4 is 22.3 Å². The largest absolute Gasteiger partial charge is 0.376 e. The summed E-state index contributed by atoms with van der Waals surface area (Å²) in [7, 11) is 6.35. The van der Waals surface area contributed by atoms with E-state index in [9.17, 15) is 0 Å². The van der Waals surface area contributed by atoms with Gasteiger partial charge in [-0.2, -0.15) is 0 Å². The Morgan fingerprint density at radius 1 is 1.10 bits per heavy atom. The Balaban J connectivity index is 2.12. The van der Waals surface area contributed by atoms with Gasteiger partial charge in [0.05, 0.1) is 11.9 Å². The van der Waals surface area contributed by atoms with E-state index >= 15 is 0 Å². The van der Waals surface area contributed by atoms with E-state index in [1.54, 1.807) is 0 Å². The van der Waals surface area contributed by atoms with Crippen LogP contribution in [0.3, 0.4) is 0 Å². The fraction of sp³-hybridized carbons (Fsp3) is 0.471. The molecular weight excluding hydrogens is 260 g/mol. The number of pyridine rings is 1. The number of rotatable bonds is 2. The van der Waals surface area contributed by atoms with Crippen molar-refractivity contribution in [2.24, 2.45) is 0 Å². The Morgan fingerprint density at radius 3 is 2.48 bits per heavy atom. The second kappa shape index (κ2) is 5.53. The summed E-state index contributed by atoms with van der Waals surface area (Å²) in [5.74, 6) is 1.13. The van der Waals surface area contributed by atoms with Crippen molar-refractivity contribution in [2.45, 2.75) is 6.92 Å². The molecule has 2 aromatic rings. The molecule has 21 heavy (non-hydrogen) atoms. The molecule has 1 aliphatic heterocycles. The van der Waals surface area contributed by atoms with Gasteiger partial charge in [0.15, 0.2) is 0 Å². The molecule has 1 aromatic heterocycles. The Bertz CT molecular complexity index is 643. The minimum Gasteiger partial charge on any atom is -0.376 e. The molecule has 0 unspecified atom stereocenters. The third kappa shape index (κ3) is 2.56. The van der Waals surface area contributed by atoms with Crippen LogP contribution >= 0.6 is 0 Å². The number of aromatic nitrogens is 1. The highest BCUT2D eigenvalue weighted by atomic mass is 15.3. The number of fused-ring (bicyclic) bond motifs is 1. The maximum Gasteiger partial charge on any atom is 0.136 e. The second-order valence-electron chi connectivity index (χ2n) is 6.15. The molecule has 0 radical (unpaired) electrons. The van der Waals surface area contributed by atoms with Crippen LogP contribution in [0, 0.1) is 6.92 Å². The zero-order valence-corrected chi connectivity index (χ0v) is 13.4. The first-order valence-electron chi connectivity index (χ1n) is 7.57. The molecule has 112 valence electrons. The number of hydrogen-bond acceptors (Lipinski definition) is 4. The molecule has 0 bridgehead atoms.